The average Bonchev–Trinajstić information content (AvgIpc) is 2.99. The molecule has 0 saturated heterocycles. The summed E-state index contributed by atoms with van der Waals surface area (Å²) in [7, 11) is 1.63. The summed E-state index contributed by atoms with van der Waals surface area (Å²) in [6, 6.07) is 7.17. The number of nitrogens with zero attached hydrogens (tertiary/aromatic N) is 2. The van der Waals surface area contributed by atoms with E-state index in [2.05, 4.69) is 15.5 Å². The van der Waals surface area contributed by atoms with Gasteiger partial charge < -0.3 is 14.6 Å². The first-order valence-corrected chi connectivity index (χ1v) is 7.41. The SMILES string of the molecule is COCCCNC(=O)CCc1nc(-c2ccc(Cl)cc2)no1. The predicted octanol–water partition coefficient (Wildman–Crippen LogP) is 2.48. The minimum absolute atomic E-state index is 0.0395. The summed E-state index contributed by atoms with van der Waals surface area (Å²) in [6.45, 7) is 1.24. The largest absolute Gasteiger partial charge is 0.385 e. The van der Waals surface area contributed by atoms with Crippen LogP contribution in [0.5, 0.6) is 0 Å². The summed E-state index contributed by atoms with van der Waals surface area (Å²) >= 11 is 5.83. The van der Waals surface area contributed by atoms with Gasteiger partial charge in [0.1, 0.15) is 0 Å². The van der Waals surface area contributed by atoms with E-state index in [0.717, 1.165) is 12.0 Å². The van der Waals surface area contributed by atoms with E-state index < -0.39 is 0 Å². The highest BCUT2D eigenvalue weighted by molar-refractivity contribution is 6.30. The number of hydrogen-bond donors (Lipinski definition) is 1. The monoisotopic (exact) mass is 323 g/mol. The molecule has 0 unspecified atom stereocenters. The molecule has 118 valence electrons. The van der Waals surface area contributed by atoms with Crippen LogP contribution >= 0.6 is 11.6 Å². The van der Waals surface area contributed by atoms with Crippen molar-refractivity contribution in [1.29, 1.82) is 0 Å². The smallest absolute Gasteiger partial charge is 0.227 e. The zero-order valence-electron chi connectivity index (χ0n) is 12.3. The lowest BCUT2D eigenvalue weighted by molar-refractivity contribution is -0.121. The molecule has 0 aliphatic rings. The lowest BCUT2D eigenvalue weighted by atomic mass is 10.2. The maximum Gasteiger partial charge on any atom is 0.227 e. The second-order valence-electron chi connectivity index (χ2n) is 4.71. The summed E-state index contributed by atoms with van der Waals surface area (Å²) in [5.74, 6) is 0.895. The van der Waals surface area contributed by atoms with Gasteiger partial charge >= 0.3 is 0 Å². The third-order valence-electron chi connectivity index (χ3n) is 2.98. The van der Waals surface area contributed by atoms with Gasteiger partial charge in [-0.25, -0.2) is 0 Å². The highest BCUT2D eigenvalue weighted by Crippen LogP contribution is 2.18. The quantitative estimate of drug-likeness (QED) is 0.755. The zero-order valence-corrected chi connectivity index (χ0v) is 13.1. The number of amides is 1. The van der Waals surface area contributed by atoms with Crippen LogP contribution in [0.25, 0.3) is 11.4 Å². The van der Waals surface area contributed by atoms with Gasteiger partial charge in [0.25, 0.3) is 0 Å². The Hall–Kier alpha value is -1.92. The van der Waals surface area contributed by atoms with Gasteiger partial charge in [0.05, 0.1) is 0 Å². The third kappa shape index (κ3) is 5.13. The molecule has 2 aromatic rings. The van der Waals surface area contributed by atoms with Crippen molar-refractivity contribution in [2.45, 2.75) is 19.3 Å². The number of halogens is 1. The van der Waals surface area contributed by atoms with Crippen molar-refractivity contribution in [3.05, 3.63) is 35.2 Å². The molecular weight excluding hydrogens is 306 g/mol. The molecule has 0 atom stereocenters. The van der Waals surface area contributed by atoms with E-state index in [4.69, 9.17) is 20.9 Å². The Kier molecular flexibility index (Phi) is 6.36. The Labute approximate surface area is 133 Å². The molecule has 1 amide bonds. The van der Waals surface area contributed by atoms with Crippen LogP contribution in [0.15, 0.2) is 28.8 Å². The molecule has 1 N–H and O–H groups in total. The average molecular weight is 324 g/mol. The molecular formula is C15H18ClN3O3. The Morgan fingerprint density at radius 2 is 2.14 bits per heavy atom. The van der Waals surface area contributed by atoms with Crippen LogP contribution in [0.3, 0.4) is 0 Å². The number of carbonyl (C=O) groups is 1. The van der Waals surface area contributed by atoms with Crippen molar-refractivity contribution >= 4 is 17.5 Å². The number of rotatable bonds is 8. The maximum absolute atomic E-state index is 11.6. The second kappa shape index (κ2) is 8.51. The van der Waals surface area contributed by atoms with Crippen LogP contribution in [-0.2, 0) is 16.0 Å². The standard InChI is InChI=1S/C15H18ClN3O3/c1-21-10-2-9-17-13(20)7-8-14-18-15(19-22-14)11-3-5-12(16)6-4-11/h3-6H,2,7-10H2,1H3,(H,17,20). The topological polar surface area (TPSA) is 77.2 Å². The number of carbonyl (C=O) groups excluding carboxylic acids is 1. The molecule has 0 bridgehead atoms. The molecule has 1 aromatic carbocycles. The first-order valence-electron chi connectivity index (χ1n) is 7.03. The third-order valence-corrected chi connectivity index (χ3v) is 3.24. The lowest BCUT2D eigenvalue weighted by Crippen LogP contribution is -2.25. The van der Waals surface area contributed by atoms with Crippen LogP contribution < -0.4 is 5.32 Å². The summed E-state index contributed by atoms with van der Waals surface area (Å²) in [5.41, 5.74) is 0.823. The van der Waals surface area contributed by atoms with Crippen molar-refractivity contribution in [2.75, 3.05) is 20.3 Å². The molecule has 7 heteroatoms. The van der Waals surface area contributed by atoms with Crippen molar-refractivity contribution < 1.29 is 14.1 Å². The van der Waals surface area contributed by atoms with E-state index >= 15 is 0 Å². The summed E-state index contributed by atoms with van der Waals surface area (Å²) in [5, 5.41) is 7.36. The number of ether oxygens (including phenoxy) is 1. The molecule has 1 aromatic heterocycles. The van der Waals surface area contributed by atoms with Crippen molar-refractivity contribution in [3.63, 3.8) is 0 Å². The lowest BCUT2D eigenvalue weighted by Gasteiger charge is -2.02. The molecule has 0 saturated carbocycles. The number of benzene rings is 1. The highest BCUT2D eigenvalue weighted by atomic mass is 35.5. The fraction of sp³-hybridized carbons (Fsp3) is 0.400. The van der Waals surface area contributed by atoms with E-state index in [-0.39, 0.29) is 5.91 Å². The van der Waals surface area contributed by atoms with Gasteiger partial charge in [0.2, 0.25) is 17.6 Å². The Morgan fingerprint density at radius 1 is 1.36 bits per heavy atom. The fourth-order valence-electron chi connectivity index (χ4n) is 1.83. The normalized spacial score (nSPS) is 10.6. The van der Waals surface area contributed by atoms with Crippen LogP contribution in [0.1, 0.15) is 18.7 Å². The van der Waals surface area contributed by atoms with Crippen LogP contribution in [0.2, 0.25) is 5.02 Å². The van der Waals surface area contributed by atoms with Gasteiger partial charge in [-0.05, 0) is 30.7 Å². The minimum Gasteiger partial charge on any atom is -0.385 e. The maximum atomic E-state index is 11.6. The van der Waals surface area contributed by atoms with E-state index in [1.54, 1.807) is 19.2 Å². The van der Waals surface area contributed by atoms with E-state index in [9.17, 15) is 4.79 Å². The van der Waals surface area contributed by atoms with Gasteiger partial charge in [-0.1, -0.05) is 16.8 Å². The fourth-order valence-corrected chi connectivity index (χ4v) is 1.95. The second-order valence-corrected chi connectivity index (χ2v) is 5.15. The van der Waals surface area contributed by atoms with Gasteiger partial charge in [-0.3, -0.25) is 4.79 Å². The molecule has 2 rings (SSSR count). The molecule has 22 heavy (non-hydrogen) atoms. The Morgan fingerprint density at radius 3 is 2.86 bits per heavy atom. The van der Waals surface area contributed by atoms with Crippen molar-refractivity contribution in [1.82, 2.24) is 15.5 Å². The summed E-state index contributed by atoms with van der Waals surface area (Å²) in [6.07, 6.45) is 1.52. The number of hydrogen-bond acceptors (Lipinski definition) is 5. The number of aromatic nitrogens is 2. The summed E-state index contributed by atoms with van der Waals surface area (Å²) < 4.78 is 10.1. The predicted molar refractivity (Wildman–Crippen MR) is 82.6 cm³/mol. The highest BCUT2D eigenvalue weighted by Gasteiger charge is 2.10. The first kappa shape index (κ1) is 16.5. The van der Waals surface area contributed by atoms with Gasteiger partial charge in [0.15, 0.2) is 0 Å². The van der Waals surface area contributed by atoms with Crippen molar-refractivity contribution in [2.24, 2.45) is 0 Å². The van der Waals surface area contributed by atoms with Crippen LogP contribution in [0, 0.1) is 0 Å². The molecule has 6 nitrogen and oxygen atoms in total. The minimum atomic E-state index is -0.0395. The molecule has 0 aliphatic heterocycles. The van der Waals surface area contributed by atoms with Crippen LogP contribution in [0.4, 0.5) is 0 Å². The summed E-state index contributed by atoms with van der Waals surface area (Å²) in [4.78, 5) is 15.9. The van der Waals surface area contributed by atoms with E-state index in [1.807, 2.05) is 12.1 Å². The molecule has 1 heterocycles. The van der Waals surface area contributed by atoms with Crippen molar-refractivity contribution in [3.8, 4) is 11.4 Å². The first-order chi connectivity index (χ1) is 10.7. The number of methoxy groups -OCH3 is 1. The zero-order chi connectivity index (χ0) is 15.8. The number of nitrogens with one attached hydrogen (secondary N) is 1. The molecule has 0 fully saturated rings. The number of aryl methyl sites for hydroxylation is 1. The Bertz CT molecular complexity index is 598. The van der Waals surface area contributed by atoms with E-state index in [1.165, 1.54) is 0 Å². The molecule has 0 aliphatic carbocycles. The van der Waals surface area contributed by atoms with E-state index in [0.29, 0.717) is 42.7 Å². The molecule has 0 radical (unpaired) electrons. The molecule has 0 spiro atoms. The van der Waals surface area contributed by atoms with Gasteiger partial charge in [0, 0.05) is 43.7 Å². The van der Waals surface area contributed by atoms with Crippen LogP contribution in [-0.4, -0.2) is 36.3 Å². The Balaban J connectivity index is 1.79. The van der Waals surface area contributed by atoms with Gasteiger partial charge in [-0.15, -0.1) is 0 Å². The van der Waals surface area contributed by atoms with Gasteiger partial charge in [-0.2, -0.15) is 4.98 Å².